The molecular weight excluding hydrogens is 380 g/mol. The SMILES string of the molecule is O=C(CNS(=O)(=O)c1ccc(F)cc1)OCc1c(Cl)cccc1Cl. The predicted molar refractivity (Wildman–Crippen MR) is 87.8 cm³/mol. The maximum absolute atomic E-state index is 12.8. The first-order valence-corrected chi connectivity index (χ1v) is 8.87. The fourth-order valence-corrected chi connectivity index (χ4v) is 3.20. The molecule has 0 fully saturated rings. The molecule has 0 amide bonds. The average Bonchev–Trinajstić information content (AvgIpc) is 2.53. The number of esters is 1. The minimum absolute atomic E-state index is 0.161. The van der Waals surface area contributed by atoms with E-state index in [9.17, 15) is 17.6 Å². The minimum atomic E-state index is -3.94. The number of sulfonamides is 1. The molecule has 2 aromatic rings. The molecule has 128 valence electrons. The van der Waals surface area contributed by atoms with Crippen LogP contribution in [0.5, 0.6) is 0 Å². The van der Waals surface area contributed by atoms with Crippen LogP contribution in [0.2, 0.25) is 10.0 Å². The Hall–Kier alpha value is -1.67. The summed E-state index contributed by atoms with van der Waals surface area (Å²) in [6.45, 7) is -0.766. The molecular formula is C15H12Cl2FNO4S. The first-order chi connectivity index (χ1) is 11.3. The minimum Gasteiger partial charge on any atom is -0.460 e. The van der Waals surface area contributed by atoms with Crippen LogP contribution >= 0.6 is 23.2 Å². The van der Waals surface area contributed by atoms with Gasteiger partial charge in [0.1, 0.15) is 19.0 Å². The van der Waals surface area contributed by atoms with Gasteiger partial charge in [0.15, 0.2) is 0 Å². The Morgan fingerprint density at radius 3 is 2.25 bits per heavy atom. The summed E-state index contributed by atoms with van der Waals surface area (Å²) in [7, 11) is -3.94. The highest BCUT2D eigenvalue weighted by Crippen LogP contribution is 2.24. The van der Waals surface area contributed by atoms with Gasteiger partial charge in [-0.05, 0) is 36.4 Å². The average molecular weight is 392 g/mol. The van der Waals surface area contributed by atoms with Crippen LogP contribution in [0.25, 0.3) is 0 Å². The van der Waals surface area contributed by atoms with E-state index < -0.39 is 28.4 Å². The standard InChI is InChI=1S/C15H12Cl2FNO4S/c16-13-2-1-3-14(17)12(13)9-23-15(20)8-19-24(21,22)11-6-4-10(18)5-7-11/h1-7,19H,8-9H2. The lowest BCUT2D eigenvalue weighted by Gasteiger charge is -2.09. The molecule has 0 unspecified atom stereocenters. The second-order valence-corrected chi connectivity index (χ2v) is 7.22. The van der Waals surface area contributed by atoms with Crippen LogP contribution in [0.15, 0.2) is 47.4 Å². The van der Waals surface area contributed by atoms with Crippen molar-refractivity contribution in [3.63, 3.8) is 0 Å². The van der Waals surface area contributed by atoms with Crippen LogP contribution in [-0.4, -0.2) is 20.9 Å². The number of ether oxygens (including phenoxy) is 1. The number of rotatable bonds is 6. The Morgan fingerprint density at radius 2 is 1.67 bits per heavy atom. The smallest absolute Gasteiger partial charge is 0.321 e. The summed E-state index contributed by atoms with van der Waals surface area (Å²) >= 11 is 11.9. The van der Waals surface area contributed by atoms with Gasteiger partial charge in [-0.25, -0.2) is 12.8 Å². The van der Waals surface area contributed by atoms with E-state index in [1.54, 1.807) is 18.2 Å². The van der Waals surface area contributed by atoms with Crippen LogP contribution in [0.1, 0.15) is 5.56 Å². The Morgan fingerprint density at radius 1 is 1.08 bits per heavy atom. The monoisotopic (exact) mass is 391 g/mol. The first-order valence-electron chi connectivity index (χ1n) is 6.63. The van der Waals surface area contributed by atoms with E-state index in [4.69, 9.17) is 27.9 Å². The maximum Gasteiger partial charge on any atom is 0.321 e. The molecule has 1 N–H and O–H groups in total. The van der Waals surface area contributed by atoms with Crippen LogP contribution in [0.4, 0.5) is 4.39 Å². The molecule has 0 radical (unpaired) electrons. The Labute approximate surface area is 148 Å². The first kappa shape index (κ1) is 18.7. The molecule has 0 aliphatic heterocycles. The molecule has 24 heavy (non-hydrogen) atoms. The van der Waals surface area contributed by atoms with Crippen molar-refractivity contribution in [3.8, 4) is 0 Å². The van der Waals surface area contributed by atoms with E-state index in [0.717, 1.165) is 24.3 Å². The molecule has 0 bridgehead atoms. The molecule has 0 aliphatic carbocycles. The highest BCUT2D eigenvalue weighted by atomic mass is 35.5. The number of benzene rings is 2. The summed E-state index contributed by atoms with van der Waals surface area (Å²) < 4.78 is 43.7. The van der Waals surface area contributed by atoms with Crippen molar-refractivity contribution < 1.29 is 22.3 Å². The number of hydrogen-bond donors (Lipinski definition) is 1. The third-order valence-corrected chi connectivity index (χ3v) is 5.10. The van der Waals surface area contributed by atoms with Gasteiger partial charge in [0.05, 0.1) is 4.90 Å². The summed E-state index contributed by atoms with van der Waals surface area (Å²) in [4.78, 5) is 11.5. The summed E-state index contributed by atoms with van der Waals surface area (Å²) in [5.41, 5.74) is 0.426. The van der Waals surface area contributed by atoms with Gasteiger partial charge in [0, 0.05) is 15.6 Å². The molecule has 0 saturated heterocycles. The molecule has 0 aromatic heterocycles. The zero-order valence-corrected chi connectivity index (χ0v) is 14.5. The number of carbonyl (C=O) groups is 1. The van der Waals surface area contributed by atoms with Crippen LogP contribution in [0.3, 0.4) is 0 Å². The van der Waals surface area contributed by atoms with E-state index in [1.165, 1.54) is 0 Å². The fourth-order valence-electron chi connectivity index (χ4n) is 1.72. The highest BCUT2D eigenvalue weighted by Gasteiger charge is 2.16. The fraction of sp³-hybridized carbons (Fsp3) is 0.133. The maximum atomic E-state index is 12.8. The summed E-state index contributed by atoms with van der Waals surface area (Å²) in [5, 5.41) is 0.671. The van der Waals surface area contributed by atoms with E-state index in [2.05, 4.69) is 4.72 Å². The molecule has 0 aliphatic rings. The molecule has 2 aromatic carbocycles. The van der Waals surface area contributed by atoms with Crippen molar-refractivity contribution in [2.75, 3.05) is 6.54 Å². The lowest BCUT2D eigenvalue weighted by Crippen LogP contribution is -2.30. The zero-order chi connectivity index (χ0) is 17.7. The summed E-state index contributed by atoms with van der Waals surface area (Å²) in [5.74, 6) is -1.37. The molecule has 5 nitrogen and oxygen atoms in total. The van der Waals surface area contributed by atoms with Gasteiger partial charge in [-0.2, -0.15) is 4.72 Å². The number of nitrogens with one attached hydrogen (secondary N) is 1. The van der Waals surface area contributed by atoms with E-state index in [-0.39, 0.29) is 11.5 Å². The van der Waals surface area contributed by atoms with Crippen molar-refractivity contribution in [2.45, 2.75) is 11.5 Å². The molecule has 2 rings (SSSR count). The van der Waals surface area contributed by atoms with Gasteiger partial charge in [-0.3, -0.25) is 4.79 Å². The lowest BCUT2D eigenvalue weighted by molar-refractivity contribution is -0.143. The number of halogens is 3. The lowest BCUT2D eigenvalue weighted by atomic mass is 10.2. The third-order valence-electron chi connectivity index (χ3n) is 2.97. The van der Waals surface area contributed by atoms with Gasteiger partial charge >= 0.3 is 5.97 Å². The number of carbonyl (C=O) groups excluding carboxylic acids is 1. The third kappa shape index (κ3) is 4.91. The quantitative estimate of drug-likeness (QED) is 0.767. The van der Waals surface area contributed by atoms with Crippen molar-refractivity contribution in [1.29, 1.82) is 0 Å². The number of hydrogen-bond acceptors (Lipinski definition) is 4. The van der Waals surface area contributed by atoms with E-state index in [1.807, 2.05) is 0 Å². The van der Waals surface area contributed by atoms with Crippen molar-refractivity contribution in [3.05, 3.63) is 63.9 Å². The molecule has 0 atom stereocenters. The van der Waals surface area contributed by atoms with E-state index in [0.29, 0.717) is 15.6 Å². The Bertz CT molecular complexity index is 821. The van der Waals surface area contributed by atoms with Crippen LogP contribution in [0, 0.1) is 5.82 Å². The normalized spacial score (nSPS) is 11.3. The van der Waals surface area contributed by atoms with E-state index >= 15 is 0 Å². The molecule has 0 saturated carbocycles. The van der Waals surface area contributed by atoms with Crippen molar-refractivity contribution >= 4 is 39.2 Å². The Balaban J connectivity index is 1.92. The zero-order valence-electron chi connectivity index (χ0n) is 12.1. The second-order valence-electron chi connectivity index (χ2n) is 4.64. The second kappa shape index (κ2) is 7.94. The molecule has 0 heterocycles. The largest absolute Gasteiger partial charge is 0.460 e. The van der Waals surface area contributed by atoms with Crippen molar-refractivity contribution in [1.82, 2.24) is 4.72 Å². The van der Waals surface area contributed by atoms with Gasteiger partial charge in [0.2, 0.25) is 10.0 Å². The Kier molecular flexibility index (Phi) is 6.17. The van der Waals surface area contributed by atoms with Gasteiger partial charge < -0.3 is 4.74 Å². The highest BCUT2D eigenvalue weighted by molar-refractivity contribution is 7.89. The van der Waals surface area contributed by atoms with Crippen LogP contribution in [-0.2, 0) is 26.2 Å². The summed E-state index contributed by atoms with van der Waals surface area (Å²) in [6, 6.07) is 9.02. The van der Waals surface area contributed by atoms with Crippen molar-refractivity contribution in [2.24, 2.45) is 0 Å². The predicted octanol–water partition coefficient (Wildman–Crippen LogP) is 3.15. The summed E-state index contributed by atoms with van der Waals surface area (Å²) in [6.07, 6.45) is 0. The van der Waals surface area contributed by atoms with Gasteiger partial charge in [-0.15, -0.1) is 0 Å². The molecule has 0 spiro atoms. The van der Waals surface area contributed by atoms with Crippen LogP contribution < -0.4 is 4.72 Å². The van der Waals surface area contributed by atoms with Gasteiger partial charge in [0.25, 0.3) is 0 Å². The van der Waals surface area contributed by atoms with Gasteiger partial charge in [-0.1, -0.05) is 29.3 Å². The molecule has 9 heteroatoms. The topological polar surface area (TPSA) is 72.5 Å².